The Hall–Kier alpha value is -1.55. The second-order valence-electron chi connectivity index (χ2n) is 4.48. The summed E-state index contributed by atoms with van der Waals surface area (Å²) in [4.78, 5) is 13.7. The molecular weight excluding hydrogens is 216 g/mol. The predicted octanol–water partition coefficient (Wildman–Crippen LogP) is 1.54. The van der Waals surface area contributed by atoms with Crippen LogP contribution < -0.4 is 15.0 Å². The number of fused-ring (bicyclic) bond motifs is 1. The van der Waals surface area contributed by atoms with Crippen molar-refractivity contribution in [2.24, 2.45) is 0 Å². The van der Waals surface area contributed by atoms with Crippen molar-refractivity contribution in [2.75, 3.05) is 18.6 Å². The molecule has 4 nitrogen and oxygen atoms in total. The van der Waals surface area contributed by atoms with E-state index in [2.05, 4.69) is 5.32 Å². The van der Waals surface area contributed by atoms with Crippen LogP contribution in [0.2, 0.25) is 0 Å². The molecule has 0 saturated carbocycles. The molecule has 92 valence electrons. The molecule has 0 bridgehead atoms. The third-order valence-corrected chi connectivity index (χ3v) is 2.80. The molecule has 1 aromatic carbocycles. The Kier molecular flexibility index (Phi) is 3.33. The van der Waals surface area contributed by atoms with Crippen LogP contribution in [0.1, 0.15) is 19.4 Å². The first-order chi connectivity index (χ1) is 8.13. The third-order valence-electron chi connectivity index (χ3n) is 2.80. The van der Waals surface area contributed by atoms with E-state index in [0.29, 0.717) is 0 Å². The van der Waals surface area contributed by atoms with E-state index in [4.69, 9.17) is 4.74 Å². The normalized spacial score (nSPS) is 14.8. The van der Waals surface area contributed by atoms with E-state index in [1.54, 1.807) is 4.90 Å². The Bertz CT molecular complexity index is 429. The van der Waals surface area contributed by atoms with Crippen LogP contribution in [0.4, 0.5) is 5.69 Å². The van der Waals surface area contributed by atoms with Crippen molar-refractivity contribution in [3.63, 3.8) is 0 Å². The molecule has 1 heterocycles. The largest absolute Gasteiger partial charge is 0.482 e. The molecule has 0 aromatic heterocycles. The molecule has 4 heteroatoms. The van der Waals surface area contributed by atoms with E-state index in [-0.39, 0.29) is 18.6 Å². The minimum absolute atomic E-state index is 0.0223. The lowest BCUT2D eigenvalue weighted by atomic mass is 10.1. The van der Waals surface area contributed by atoms with Gasteiger partial charge in [-0.1, -0.05) is 6.07 Å². The highest BCUT2D eigenvalue weighted by Gasteiger charge is 2.27. The molecular formula is C13H18N2O2. The summed E-state index contributed by atoms with van der Waals surface area (Å²) in [5.74, 6) is 0.812. The van der Waals surface area contributed by atoms with E-state index in [1.807, 2.05) is 39.1 Å². The van der Waals surface area contributed by atoms with Crippen molar-refractivity contribution in [3.8, 4) is 5.75 Å². The van der Waals surface area contributed by atoms with Gasteiger partial charge >= 0.3 is 0 Å². The van der Waals surface area contributed by atoms with Gasteiger partial charge in [0.2, 0.25) is 0 Å². The summed E-state index contributed by atoms with van der Waals surface area (Å²) in [5, 5.41) is 3.10. The lowest BCUT2D eigenvalue weighted by Crippen LogP contribution is -2.43. The van der Waals surface area contributed by atoms with Crippen molar-refractivity contribution in [2.45, 2.75) is 26.4 Å². The van der Waals surface area contributed by atoms with Gasteiger partial charge in [-0.3, -0.25) is 4.79 Å². The van der Waals surface area contributed by atoms with Gasteiger partial charge < -0.3 is 15.0 Å². The highest BCUT2D eigenvalue weighted by atomic mass is 16.5. The molecule has 2 rings (SSSR count). The van der Waals surface area contributed by atoms with E-state index in [9.17, 15) is 4.79 Å². The SMILES string of the molecule is CNCc1ccc2c(c1)N(C(C)C)C(=O)CO2. The van der Waals surface area contributed by atoms with Crippen molar-refractivity contribution >= 4 is 11.6 Å². The molecule has 0 unspecified atom stereocenters. The van der Waals surface area contributed by atoms with Gasteiger partial charge in [0.1, 0.15) is 5.75 Å². The van der Waals surface area contributed by atoms with Gasteiger partial charge in [-0.15, -0.1) is 0 Å². The van der Waals surface area contributed by atoms with Gasteiger partial charge in [-0.25, -0.2) is 0 Å². The summed E-state index contributed by atoms with van der Waals surface area (Å²) >= 11 is 0. The Labute approximate surface area is 102 Å². The monoisotopic (exact) mass is 234 g/mol. The average Bonchev–Trinajstić information content (AvgIpc) is 2.28. The number of nitrogens with zero attached hydrogens (tertiary/aromatic N) is 1. The minimum atomic E-state index is 0.0223. The number of hydrogen-bond acceptors (Lipinski definition) is 3. The van der Waals surface area contributed by atoms with Crippen molar-refractivity contribution < 1.29 is 9.53 Å². The predicted molar refractivity (Wildman–Crippen MR) is 67.3 cm³/mol. The maximum atomic E-state index is 11.9. The quantitative estimate of drug-likeness (QED) is 0.862. The lowest BCUT2D eigenvalue weighted by molar-refractivity contribution is -0.121. The number of rotatable bonds is 3. The molecule has 0 radical (unpaired) electrons. The highest BCUT2D eigenvalue weighted by Crippen LogP contribution is 2.34. The molecule has 0 spiro atoms. The number of nitrogens with one attached hydrogen (secondary N) is 1. The number of benzene rings is 1. The molecule has 1 amide bonds. The molecule has 0 saturated heterocycles. The number of ether oxygens (including phenoxy) is 1. The first kappa shape index (κ1) is 11.9. The second kappa shape index (κ2) is 4.75. The third kappa shape index (κ3) is 2.26. The van der Waals surface area contributed by atoms with Crippen LogP contribution in [-0.2, 0) is 11.3 Å². The smallest absolute Gasteiger partial charge is 0.265 e. The van der Waals surface area contributed by atoms with Crippen LogP contribution in [-0.4, -0.2) is 25.6 Å². The van der Waals surface area contributed by atoms with Gasteiger partial charge in [-0.2, -0.15) is 0 Å². The fourth-order valence-corrected chi connectivity index (χ4v) is 2.10. The summed E-state index contributed by atoms with van der Waals surface area (Å²) < 4.78 is 5.44. The molecule has 1 N–H and O–H groups in total. The molecule has 0 fully saturated rings. The number of hydrogen-bond donors (Lipinski definition) is 1. The summed E-state index contributed by atoms with van der Waals surface area (Å²) in [6, 6.07) is 6.12. The number of amides is 1. The van der Waals surface area contributed by atoms with E-state index < -0.39 is 0 Å². The van der Waals surface area contributed by atoms with Gasteiger partial charge in [0.05, 0.1) is 5.69 Å². The molecule has 1 aliphatic heterocycles. The zero-order valence-electron chi connectivity index (χ0n) is 10.5. The summed E-state index contributed by atoms with van der Waals surface area (Å²) in [7, 11) is 1.90. The maximum Gasteiger partial charge on any atom is 0.265 e. The fourth-order valence-electron chi connectivity index (χ4n) is 2.10. The first-order valence-corrected chi connectivity index (χ1v) is 5.86. The van der Waals surface area contributed by atoms with Gasteiger partial charge in [0, 0.05) is 12.6 Å². The van der Waals surface area contributed by atoms with E-state index >= 15 is 0 Å². The summed E-state index contributed by atoms with van der Waals surface area (Å²) in [5.41, 5.74) is 2.03. The van der Waals surface area contributed by atoms with Crippen LogP contribution in [0.25, 0.3) is 0 Å². The first-order valence-electron chi connectivity index (χ1n) is 5.86. The number of carbonyl (C=O) groups is 1. The van der Waals surface area contributed by atoms with E-state index in [1.165, 1.54) is 0 Å². The lowest BCUT2D eigenvalue weighted by Gasteiger charge is -2.32. The Morgan fingerprint density at radius 3 is 2.88 bits per heavy atom. The molecule has 0 atom stereocenters. The number of carbonyl (C=O) groups excluding carboxylic acids is 1. The zero-order valence-corrected chi connectivity index (χ0v) is 10.5. The number of anilines is 1. The average molecular weight is 234 g/mol. The van der Waals surface area contributed by atoms with Crippen molar-refractivity contribution in [1.82, 2.24) is 5.32 Å². The van der Waals surface area contributed by atoms with Crippen LogP contribution in [0, 0.1) is 0 Å². The Morgan fingerprint density at radius 2 is 2.24 bits per heavy atom. The maximum absolute atomic E-state index is 11.9. The van der Waals surface area contributed by atoms with Crippen molar-refractivity contribution in [3.05, 3.63) is 23.8 Å². The topological polar surface area (TPSA) is 41.6 Å². The minimum Gasteiger partial charge on any atom is -0.482 e. The summed E-state index contributed by atoms with van der Waals surface area (Å²) in [6.45, 7) is 4.94. The van der Waals surface area contributed by atoms with Crippen LogP contribution in [0.3, 0.4) is 0 Å². The molecule has 0 aliphatic carbocycles. The van der Waals surface area contributed by atoms with Gasteiger partial charge in [0.15, 0.2) is 6.61 Å². The van der Waals surface area contributed by atoms with Crippen molar-refractivity contribution in [1.29, 1.82) is 0 Å². The van der Waals surface area contributed by atoms with Gasteiger partial charge in [-0.05, 0) is 38.6 Å². The summed E-state index contributed by atoms with van der Waals surface area (Å²) in [6.07, 6.45) is 0. The highest BCUT2D eigenvalue weighted by molar-refractivity contribution is 5.98. The molecule has 1 aromatic rings. The molecule has 1 aliphatic rings. The fraction of sp³-hybridized carbons (Fsp3) is 0.462. The zero-order chi connectivity index (χ0) is 12.4. The Balaban J connectivity index is 2.41. The second-order valence-corrected chi connectivity index (χ2v) is 4.48. The van der Waals surface area contributed by atoms with Crippen LogP contribution >= 0.6 is 0 Å². The van der Waals surface area contributed by atoms with Crippen LogP contribution in [0.5, 0.6) is 5.75 Å². The van der Waals surface area contributed by atoms with E-state index in [0.717, 1.165) is 23.5 Å². The van der Waals surface area contributed by atoms with Gasteiger partial charge in [0.25, 0.3) is 5.91 Å². The molecule has 17 heavy (non-hydrogen) atoms. The van der Waals surface area contributed by atoms with Crippen LogP contribution in [0.15, 0.2) is 18.2 Å². The Morgan fingerprint density at radius 1 is 1.47 bits per heavy atom. The standard InChI is InChI=1S/C13H18N2O2/c1-9(2)15-11-6-10(7-14-3)4-5-12(11)17-8-13(15)16/h4-6,9,14H,7-8H2,1-3H3.